The van der Waals surface area contributed by atoms with Gasteiger partial charge in [-0.2, -0.15) is 0 Å². The molecule has 0 fully saturated rings. The smallest absolute Gasteiger partial charge is 0.406 e. The molecule has 4 aromatic rings. The van der Waals surface area contributed by atoms with Crippen LogP contribution < -0.4 is 10.3 Å². The topological polar surface area (TPSA) is 48.5 Å². The van der Waals surface area contributed by atoms with Crippen molar-refractivity contribution in [2.75, 3.05) is 0 Å². The second-order valence-corrected chi connectivity index (χ2v) is 5.84. The number of alkyl halides is 3. The molecule has 2 heterocycles. The molecule has 0 atom stereocenters. The van der Waals surface area contributed by atoms with Gasteiger partial charge < -0.3 is 4.74 Å². The monoisotopic (exact) mass is 377 g/mol. The van der Waals surface area contributed by atoms with Crippen LogP contribution in [0, 0.1) is 12.7 Å². The highest BCUT2D eigenvalue weighted by atomic mass is 19.4. The van der Waals surface area contributed by atoms with Gasteiger partial charge in [0.2, 0.25) is 5.65 Å². The zero-order valence-electron chi connectivity index (χ0n) is 13.8. The molecule has 0 aliphatic carbocycles. The number of rotatable bonds is 2. The highest BCUT2D eigenvalue weighted by Gasteiger charge is 2.31. The second-order valence-electron chi connectivity index (χ2n) is 5.84. The van der Waals surface area contributed by atoms with Crippen molar-refractivity contribution in [1.29, 1.82) is 0 Å². The molecule has 138 valence electrons. The van der Waals surface area contributed by atoms with Crippen LogP contribution in [0.15, 0.2) is 53.6 Å². The Morgan fingerprint density at radius 1 is 1.11 bits per heavy atom. The summed E-state index contributed by atoms with van der Waals surface area (Å²) in [6, 6.07) is 7.78. The lowest BCUT2D eigenvalue weighted by Crippen LogP contribution is -2.23. The van der Waals surface area contributed by atoms with Crippen LogP contribution in [-0.2, 0) is 0 Å². The first-order valence-electron chi connectivity index (χ1n) is 7.79. The molecular weight excluding hydrogens is 366 g/mol. The summed E-state index contributed by atoms with van der Waals surface area (Å²) in [5, 5.41) is 0. The van der Waals surface area contributed by atoms with E-state index >= 15 is 0 Å². The van der Waals surface area contributed by atoms with E-state index in [4.69, 9.17) is 0 Å². The summed E-state index contributed by atoms with van der Waals surface area (Å²) in [6.07, 6.45) is -1.96. The molecule has 0 aliphatic heterocycles. The number of ether oxygens (including phenoxy) is 1. The highest BCUT2D eigenvalue weighted by molar-refractivity contribution is 5.81. The zero-order chi connectivity index (χ0) is 19.3. The molecule has 0 radical (unpaired) electrons. The minimum absolute atomic E-state index is 0.0654. The number of hydrogen-bond donors (Lipinski definition) is 0. The molecule has 2 aromatic carbocycles. The molecule has 9 heteroatoms. The van der Waals surface area contributed by atoms with Gasteiger partial charge in [0, 0.05) is 24.0 Å². The van der Waals surface area contributed by atoms with Crippen molar-refractivity contribution >= 4 is 16.7 Å². The minimum Gasteiger partial charge on any atom is -0.406 e. The normalized spacial score (nSPS) is 12.0. The fourth-order valence-corrected chi connectivity index (χ4v) is 3.03. The standard InChI is InChI=1S/C18H11F4N3O2/c1-10-12(19)3-2-4-13(10)25-15-9-11(27-18(20,21)22)5-6-14(15)24-8-7-23-16(24)17(25)26/h2-9H,1H3. The molecule has 0 saturated carbocycles. The lowest BCUT2D eigenvalue weighted by Gasteiger charge is -2.16. The Morgan fingerprint density at radius 3 is 2.63 bits per heavy atom. The van der Waals surface area contributed by atoms with Gasteiger partial charge in [-0.25, -0.2) is 9.37 Å². The maximum Gasteiger partial charge on any atom is 0.573 e. The van der Waals surface area contributed by atoms with E-state index in [0.29, 0.717) is 5.52 Å². The van der Waals surface area contributed by atoms with E-state index in [9.17, 15) is 22.4 Å². The van der Waals surface area contributed by atoms with Crippen molar-refractivity contribution < 1.29 is 22.3 Å². The van der Waals surface area contributed by atoms with E-state index < -0.39 is 23.5 Å². The van der Waals surface area contributed by atoms with Crippen molar-refractivity contribution in [3.05, 3.63) is 70.5 Å². The van der Waals surface area contributed by atoms with Gasteiger partial charge in [-0.3, -0.25) is 13.8 Å². The zero-order valence-corrected chi connectivity index (χ0v) is 13.8. The predicted molar refractivity (Wildman–Crippen MR) is 89.7 cm³/mol. The van der Waals surface area contributed by atoms with Crippen LogP contribution in [-0.4, -0.2) is 20.3 Å². The summed E-state index contributed by atoms with van der Waals surface area (Å²) >= 11 is 0. The molecule has 0 spiro atoms. The highest BCUT2D eigenvalue weighted by Crippen LogP contribution is 2.28. The van der Waals surface area contributed by atoms with Crippen molar-refractivity contribution in [3.63, 3.8) is 0 Å². The molecule has 0 bridgehead atoms. The van der Waals surface area contributed by atoms with Crippen LogP contribution in [0.25, 0.3) is 22.4 Å². The van der Waals surface area contributed by atoms with E-state index in [1.54, 1.807) is 0 Å². The first-order valence-corrected chi connectivity index (χ1v) is 7.79. The number of benzene rings is 2. The van der Waals surface area contributed by atoms with Crippen molar-refractivity contribution in [2.24, 2.45) is 0 Å². The first-order chi connectivity index (χ1) is 12.8. The number of hydrogen-bond acceptors (Lipinski definition) is 3. The Bertz CT molecular complexity index is 1240. The number of aromatic nitrogens is 3. The van der Waals surface area contributed by atoms with Gasteiger partial charge in [0.15, 0.2) is 0 Å². The van der Waals surface area contributed by atoms with E-state index in [1.807, 2.05) is 0 Å². The average Bonchev–Trinajstić information content (AvgIpc) is 3.07. The summed E-state index contributed by atoms with van der Waals surface area (Å²) in [7, 11) is 0. The lowest BCUT2D eigenvalue weighted by atomic mass is 10.1. The molecule has 0 saturated heterocycles. The average molecular weight is 377 g/mol. The summed E-state index contributed by atoms with van der Waals surface area (Å²) in [5.74, 6) is -1.03. The Balaban J connectivity index is 2.13. The third-order valence-corrected chi connectivity index (χ3v) is 4.20. The molecule has 0 aliphatic rings. The van der Waals surface area contributed by atoms with Crippen molar-refractivity contribution in [1.82, 2.24) is 14.0 Å². The third-order valence-electron chi connectivity index (χ3n) is 4.20. The first kappa shape index (κ1) is 17.1. The van der Waals surface area contributed by atoms with Crippen LogP contribution >= 0.6 is 0 Å². The number of nitrogens with zero attached hydrogens (tertiary/aromatic N) is 3. The molecule has 5 nitrogen and oxygen atoms in total. The Kier molecular flexibility index (Phi) is 3.69. The Labute approximate surface area is 149 Å². The number of imidazole rings is 1. The fraction of sp³-hybridized carbons (Fsp3) is 0.111. The number of halogens is 4. The molecule has 0 N–H and O–H groups in total. The molecule has 4 rings (SSSR count). The molecule has 2 aromatic heterocycles. The van der Waals surface area contributed by atoms with Gasteiger partial charge in [0.25, 0.3) is 5.56 Å². The summed E-state index contributed by atoms with van der Waals surface area (Å²) in [6.45, 7) is 1.48. The van der Waals surface area contributed by atoms with Gasteiger partial charge in [-0.05, 0) is 31.2 Å². The molecule has 0 amide bonds. The van der Waals surface area contributed by atoms with Gasteiger partial charge in [-0.1, -0.05) is 6.07 Å². The maximum absolute atomic E-state index is 14.0. The quantitative estimate of drug-likeness (QED) is 0.497. The van der Waals surface area contributed by atoms with E-state index in [0.717, 1.165) is 16.7 Å². The summed E-state index contributed by atoms with van der Waals surface area (Å²) in [5.41, 5.74) is 0.404. The van der Waals surface area contributed by atoms with Crippen LogP contribution in [0.2, 0.25) is 0 Å². The Hall–Kier alpha value is -3.36. The van der Waals surface area contributed by atoms with E-state index in [-0.39, 0.29) is 22.4 Å². The summed E-state index contributed by atoms with van der Waals surface area (Å²) < 4.78 is 58.4. The van der Waals surface area contributed by atoms with Crippen LogP contribution in [0.4, 0.5) is 17.6 Å². The largest absolute Gasteiger partial charge is 0.573 e. The molecule has 0 unspecified atom stereocenters. The maximum atomic E-state index is 14.0. The minimum atomic E-state index is -4.88. The van der Waals surface area contributed by atoms with Crippen LogP contribution in [0.5, 0.6) is 5.75 Å². The second kappa shape index (κ2) is 5.83. The van der Waals surface area contributed by atoms with E-state index in [1.165, 1.54) is 48.0 Å². The van der Waals surface area contributed by atoms with Gasteiger partial charge in [0.05, 0.1) is 16.7 Å². The predicted octanol–water partition coefficient (Wildman–Crippen LogP) is 3.98. The van der Waals surface area contributed by atoms with Crippen molar-refractivity contribution in [2.45, 2.75) is 13.3 Å². The molecular formula is C18H11F4N3O2. The van der Waals surface area contributed by atoms with Crippen LogP contribution in [0.1, 0.15) is 5.56 Å². The van der Waals surface area contributed by atoms with E-state index in [2.05, 4.69) is 9.72 Å². The lowest BCUT2D eigenvalue weighted by molar-refractivity contribution is -0.274. The third kappa shape index (κ3) is 2.80. The number of fused-ring (bicyclic) bond motifs is 3. The van der Waals surface area contributed by atoms with Gasteiger partial charge in [-0.15, -0.1) is 13.2 Å². The van der Waals surface area contributed by atoms with Gasteiger partial charge in [0.1, 0.15) is 11.6 Å². The Morgan fingerprint density at radius 2 is 1.89 bits per heavy atom. The SMILES string of the molecule is Cc1c(F)cccc1-n1c(=O)c2nccn2c2ccc(OC(F)(F)F)cc21. The van der Waals surface area contributed by atoms with Gasteiger partial charge >= 0.3 is 6.36 Å². The fourth-order valence-electron chi connectivity index (χ4n) is 3.03. The molecule has 27 heavy (non-hydrogen) atoms. The van der Waals surface area contributed by atoms with Crippen molar-refractivity contribution in [3.8, 4) is 11.4 Å². The van der Waals surface area contributed by atoms with Crippen LogP contribution in [0.3, 0.4) is 0 Å². The summed E-state index contributed by atoms with van der Waals surface area (Å²) in [4.78, 5) is 17.0.